The minimum atomic E-state index is -0.320. The molecule has 102 valence electrons. The van der Waals surface area contributed by atoms with Crippen molar-refractivity contribution in [3.8, 4) is 18.1 Å². The second-order valence-electron chi connectivity index (χ2n) is 4.39. The van der Waals surface area contributed by atoms with E-state index < -0.39 is 0 Å². The number of hydrogen-bond acceptors (Lipinski definition) is 5. The summed E-state index contributed by atoms with van der Waals surface area (Å²) in [6, 6.07) is 2.01. The van der Waals surface area contributed by atoms with Crippen LogP contribution < -0.4 is 4.74 Å². The summed E-state index contributed by atoms with van der Waals surface area (Å²) in [5.74, 6) is 2.89. The van der Waals surface area contributed by atoms with Crippen molar-refractivity contribution < 1.29 is 14.3 Å². The lowest BCUT2D eigenvalue weighted by molar-refractivity contribution is 0.0410. The first kappa shape index (κ1) is 13.9. The molecule has 1 aliphatic heterocycles. The highest BCUT2D eigenvalue weighted by Gasteiger charge is 2.26. The second kappa shape index (κ2) is 6.60. The summed E-state index contributed by atoms with van der Waals surface area (Å²) in [7, 11) is 1.55. The van der Waals surface area contributed by atoms with Crippen LogP contribution in [-0.2, 0) is 4.74 Å². The number of nitrogens with zero attached hydrogens (tertiary/aromatic N) is 1. The summed E-state index contributed by atoms with van der Waals surface area (Å²) >= 11 is 1.33. The zero-order chi connectivity index (χ0) is 13.7. The molecule has 5 heteroatoms. The molecule has 2 rings (SSSR count). The molecule has 0 radical (unpaired) electrons. The smallest absolute Gasteiger partial charge is 0.352 e. The minimum Gasteiger partial charge on any atom is -0.495 e. The van der Waals surface area contributed by atoms with E-state index in [0.717, 1.165) is 19.4 Å². The highest BCUT2D eigenvalue weighted by Crippen LogP contribution is 2.25. The van der Waals surface area contributed by atoms with E-state index in [1.165, 1.54) is 11.3 Å². The van der Waals surface area contributed by atoms with Crippen LogP contribution in [0.1, 0.15) is 22.5 Å². The number of carbonyl (C=O) groups excluding carboxylic acids is 1. The number of terminal acetylenes is 1. The van der Waals surface area contributed by atoms with Crippen molar-refractivity contribution in [3.63, 3.8) is 0 Å². The molecule has 0 aromatic carbocycles. The van der Waals surface area contributed by atoms with Crippen LogP contribution in [0.15, 0.2) is 11.4 Å². The summed E-state index contributed by atoms with van der Waals surface area (Å²) in [6.07, 6.45) is 7.46. The molecule has 1 unspecified atom stereocenters. The van der Waals surface area contributed by atoms with Gasteiger partial charge in [-0.3, -0.25) is 4.90 Å². The molecule has 1 aromatic rings. The van der Waals surface area contributed by atoms with E-state index in [-0.39, 0.29) is 12.0 Å². The summed E-state index contributed by atoms with van der Waals surface area (Å²) < 4.78 is 10.5. The number of rotatable bonds is 5. The van der Waals surface area contributed by atoms with Gasteiger partial charge in [-0.25, -0.2) is 4.79 Å². The van der Waals surface area contributed by atoms with Gasteiger partial charge in [0.15, 0.2) is 4.88 Å². The Labute approximate surface area is 117 Å². The van der Waals surface area contributed by atoms with Crippen molar-refractivity contribution in [2.24, 2.45) is 0 Å². The molecule has 0 bridgehead atoms. The first-order valence-corrected chi connectivity index (χ1v) is 7.10. The summed E-state index contributed by atoms with van der Waals surface area (Å²) in [5.41, 5.74) is 0. The minimum absolute atomic E-state index is 0.242. The van der Waals surface area contributed by atoms with Gasteiger partial charge in [-0.2, -0.15) is 0 Å². The molecule has 1 aromatic heterocycles. The van der Waals surface area contributed by atoms with Crippen molar-refractivity contribution in [2.75, 3.05) is 26.8 Å². The van der Waals surface area contributed by atoms with E-state index in [2.05, 4.69) is 10.8 Å². The van der Waals surface area contributed by atoms with Gasteiger partial charge in [0.25, 0.3) is 0 Å². The normalized spacial score (nSPS) is 19.1. The van der Waals surface area contributed by atoms with Crippen LogP contribution in [0.2, 0.25) is 0 Å². The lowest BCUT2D eigenvalue weighted by Gasteiger charge is -2.21. The third-order valence-corrected chi connectivity index (χ3v) is 4.11. The maximum Gasteiger partial charge on any atom is 0.352 e. The van der Waals surface area contributed by atoms with Gasteiger partial charge in [0.2, 0.25) is 0 Å². The number of thiophene rings is 1. The van der Waals surface area contributed by atoms with Gasteiger partial charge < -0.3 is 9.47 Å². The quantitative estimate of drug-likeness (QED) is 0.610. The SMILES string of the molecule is C#CCN1CCCC1COC(=O)c1sccc1OC. The number of methoxy groups -OCH3 is 1. The van der Waals surface area contributed by atoms with Gasteiger partial charge in [-0.15, -0.1) is 17.8 Å². The first-order chi connectivity index (χ1) is 9.26. The van der Waals surface area contributed by atoms with E-state index in [1.807, 2.05) is 5.38 Å². The van der Waals surface area contributed by atoms with Gasteiger partial charge in [0.05, 0.1) is 13.7 Å². The molecule has 1 atom stereocenters. The van der Waals surface area contributed by atoms with E-state index in [4.69, 9.17) is 15.9 Å². The van der Waals surface area contributed by atoms with Crippen LogP contribution in [0.4, 0.5) is 0 Å². The Hall–Kier alpha value is -1.51. The highest BCUT2D eigenvalue weighted by atomic mass is 32.1. The average molecular weight is 279 g/mol. The number of likely N-dealkylation sites (tertiary alicyclic amines) is 1. The molecular weight excluding hydrogens is 262 g/mol. The Morgan fingerprint density at radius 2 is 2.53 bits per heavy atom. The van der Waals surface area contributed by atoms with Crippen molar-refractivity contribution >= 4 is 17.3 Å². The van der Waals surface area contributed by atoms with Crippen LogP contribution in [0, 0.1) is 12.3 Å². The van der Waals surface area contributed by atoms with E-state index >= 15 is 0 Å². The summed E-state index contributed by atoms with van der Waals surface area (Å²) in [6.45, 7) is 1.99. The van der Waals surface area contributed by atoms with E-state index in [0.29, 0.717) is 23.8 Å². The zero-order valence-corrected chi connectivity index (χ0v) is 11.7. The molecule has 19 heavy (non-hydrogen) atoms. The predicted molar refractivity (Wildman–Crippen MR) is 74.6 cm³/mol. The number of hydrogen-bond donors (Lipinski definition) is 0. The lowest BCUT2D eigenvalue weighted by Crippen LogP contribution is -2.34. The van der Waals surface area contributed by atoms with Gasteiger partial charge in [-0.1, -0.05) is 5.92 Å². The molecule has 2 heterocycles. The Morgan fingerprint density at radius 1 is 1.68 bits per heavy atom. The van der Waals surface area contributed by atoms with Gasteiger partial charge in [0, 0.05) is 6.04 Å². The third-order valence-electron chi connectivity index (χ3n) is 3.23. The molecule has 0 aliphatic carbocycles. The molecule has 1 saturated heterocycles. The molecular formula is C14H17NO3S. The van der Waals surface area contributed by atoms with Crippen molar-refractivity contribution in [1.82, 2.24) is 4.90 Å². The predicted octanol–water partition coefficient (Wildman–Crippen LogP) is 2.01. The van der Waals surface area contributed by atoms with Crippen molar-refractivity contribution in [3.05, 3.63) is 16.3 Å². The Kier molecular flexibility index (Phi) is 4.83. The number of carbonyl (C=O) groups is 1. The zero-order valence-electron chi connectivity index (χ0n) is 10.9. The Morgan fingerprint density at radius 3 is 3.26 bits per heavy atom. The van der Waals surface area contributed by atoms with E-state index in [9.17, 15) is 4.79 Å². The fraction of sp³-hybridized carbons (Fsp3) is 0.500. The molecule has 0 N–H and O–H groups in total. The topological polar surface area (TPSA) is 38.8 Å². The second-order valence-corrected chi connectivity index (χ2v) is 5.30. The van der Waals surface area contributed by atoms with Crippen molar-refractivity contribution in [1.29, 1.82) is 0 Å². The summed E-state index contributed by atoms with van der Waals surface area (Å²) in [5, 5.41) is 1.82. The fourth-order valence-corrected chi connectivity index (χ4v) is 3.00. The lowest BCUT2D eigenvalue weighted by atomic mass is 10.2. The molecule has 1 aliphatic rings. The monoisotopic (exact) mass is 279 g/mol. The maximum atomic E-state index is 12.0. The molecule has 0 spiro atoms. The molecule has 0 amide bonds. The highest BCUT2D eigenvalue weighted by molar-refractivity contribution is 7.12. The van der Waals surface area contributed by atoms with Crippen LogP contribution in [-0.4, -0.2) is 43.7 Å². The van der Waals surface area contributed by atoms with Crippen LogP contribution >= 0.6 is 11.3 Å². The van der Waals surface area contributed by atoms with Gasteiger partial charge in [-0.05, 0) is 30.8 Å². The van der Waals surface area contributed by atoms with Crippen LogP contribution in [0.25, 0.3) is 0 Å². The standard InChI is InChI=1S/C14H17NO3S/c1-3-7-15-8-4-5-11(15)10-18-14(16)13-12(17-2)6-9-19-13/h1,6,9,11H,4-5,7-8,10H2,2H3. The molecule has 4 nitrogen and oxygen atoms in total. The molecule has 0 saturated carbocycles. The Balaban J connectivity index is 1.88. The van der Waals surface area contributed by atoms with Crippen LogP contribution in [0.5, 0.6) is 5.75 Å². The average Bonchev–Trinajstić information content (AvgIpc) is 3.05. The van der Waals surface area contributed by atoms with Crippen molar-refractivity contribution in [2.45, 2.75) is 18.9 Å². The van der Waals surface area contributed by atoms with E-state index in [1.54, 1.807) is 13.2 Å². The van der Waals surface area contributed by atoms with Gasteiger partial charge >= 0.3 is 5.97 Å². The number of ether oxygens (including phenoxy) is 2. The fourth-order valence-electron chi connectivity index (χ4n) is 2.25. The summed E-state index contributed by atoms with van der Waals surface area (Å²) in [4.78, 5) is 14.7. The Bertz CT molecular complexity index is 477. The van der Waals surface area contributed by atoms with Crippen LogP contribution in [0.3, 0.4) is 0 Å². The van der Waals surface area contributed by atoms with Gasteiger partial charge in [0.1, 0.15) is 12.4 Å². The number of esters is 1. The first-order valence-electron chi connectivity index (χ1n) is 6.22. The maximum absolute atomic E-state index is 12.0. The largest absolute Gasteiger partial charge is 0.495 e. The molecule has 1 fully saturated rings. The third kappa shape index (κ3) is 3.28.